The summed E-state index contributed by atoms with van der Waals surface area (Å²) in [7, 11) is -3.98. The van der Waals surface area contributed by atoms with Crippen LogP contribution >= 0.6 is 7.92 Å². The Bertz CT molecular complexity index is 935. The van der Waals surface area contributed by atoms with Crippen molar-refractivity contribution in [2.24, 2.45) is 0 Å². The number of aryl methyl sites for hydroxylation is 2. The molecule has 162 valence electrons. The summed E-state index contributed by atoms with van der Waals surface area (Å²) in [5.74, 6) is 0. The molecule has 0 saturated heterocycles. The fourth-order valence-electron chi connectivity index (χ4n) is 5.31. The van der Waals surface area contributed by atoms with E-state index in [4.69, 9.17) is 0 Å². The number of rotatable bonds is 5. The molecule has 0 heterocycles. The van der Waals surface area contributed by atoms with Gasteiger partial charge >= 0.3 is 0 Å². The van der Waals surface area contributed by atoms with E-state index in [1.807, 2.05) is 31.2 Å². The fourth-order valence-corrected chi connectivity index (χ4v) is 11.2. The Morgan fingerprint density at radius 1 is 0.700 bits per heavy atom. The topological polar surface area (TPSA) is 34.1 Å². The van der Waals surface area contributed by atoms with Gasteiger partial charge < -0.3 is 0 Å². The summed E-state index contributed by atoms with van der Waals surface area (Å²) in [5, 5.41) is 1.17. The van der Waals surface area contributed by atoms with Crippen molar-refractivity contribution < 1.29 is 8.42 Å². The van der Waals surface area contributed by atoms with Crippen LogP contribution in [0.25, 0.3) is 0 Å². The van der Waals surface area contributed by atoms with E-state index in [9.17, 15) is 8.42 Å². The number of benzene rings is 2. The van der Waals surface area contributed by atoms with Gasteiger partial charge in [0.1, 0.15) is 0 Å². The van der Waals surface area contributed by atoms with Gasteiger partial charge in [0, 0.05) is 0 Å². The second-order valence-electron chi connectivity index (χ2n) is 9.28. The minimum Gasteiger partial charge on any atom is -0.218 e. The zero-order valence-corrected chi connectivity index (χ0v) is 20.2. The highest BCUT2D eigenvalue weighted by Crippen LogP contribution is 2.56. The van der Waals surface area contributed by atoms with E-state index in [0.29, 0.717) is 21.1 Å². The van der Waals surface area contributed by atoms with Gasteiger partial charge in [-0.1, -0.05) is 81.8 Å². The fraction of sp³-hybridized carbons (Fsp3) is 0.538. The van der Waals surface area contributed by atoms with Crippen molar-refractivity contribution in [3.63, 3.8) is 0 Å². The summed E-state index contributed by atoms with van der Waals surface area (Å²) in [6.07, 6.45) is 13.0. The van der Waals surface area contributed by atoms with Gasteiger partial charge in [0.25, 0.3) is 0 Å². The largest absolute Gasteiger partial charge is 0.218 e. The summed E-state index contributed by atoms with van der Waals surface area (Å²) >= 11 is 0. The molecule has 2 saturated carbocycles. The maximum absolute atomic E-state index is 13.8. The van der Waals surface area contributed by atoms with Gasteiger partial charge in [-0.25, -0.2) is 8.42 Å². The third kappa shape index (κ3) is 4.68. The molecule has 0 unspecified atom stereocenters. The van der Waals surface area contributed by atoms with Gasteiger partial charge in [0.2, 0.25) is 9.84 Å². The van der Waals surface area contributed by atoms with Crippen LogP contribution in [0.5, 0.6) is 0 Å². The van der Waals surface area contributed by atoms with Crippen molar-refractivity contribution >= 4 is 23.1 Å². The molecule has 0 spiro atoms. The van der Waals surface area contributed by atoms with Crippen LogP contribution in [0.4, 0.5) is 0 Å². The van der Waals surface area contributed by atoms with Gasteiger partial charge in [-0.05, 0) is 74.4 Å². The number of hydrogen-bond donors (Lipinski definition) is 0. The second kappa shape index (κ2) is 9.53. The first kappa shape index (κ1) is 22.0. The molecular formula is C26H35O2PS. The quantitative estimate of drug-likeness (QED) is 0.472. The monoisotopic (exact) mass is 442 g/mol. The van der Waals surface area contributed by atoms with E-state index in [0.717, 1.165) is 5.56 Å². The Hall–Kier alpha value is -1.18. The Morgan fingerprint density at radius 3 is 1.73 bits per heavy atom. The van der Waals surface area contributed by atoms with Crippen LogP contribution in [-0.2, 0) is 9.84 Å². The number of hydrogen-bond acceptors (Lipinski definition) is 2. The Labute approximate surface area is 184 Å². The van der Waals surface area contributed by atoms with Crippen LogP contribution in [0.3, 0.4) is 0 Å². The van der Waals surface area contributed by atoms with Crippen LogP contribution in [0, 0.1) is 13.8 Å². The molecule has 2 nitrogen and oxygen atoms in total. The van der Waals surface area contributed by atoms with Gasteiger partial charge in [-0.3, -0.25) is 0 Å². The van der Waals surface area contributed by atoms with Crippen molar-refractivity contribution in [3.05, 3.63) is 53.6 Å². The van der Waals surface area contributed by atoms with Crippen LogP contribution in [-0.4, -0.2) is 19.7 Å². The molecule has 0 amide bonds. The lowest BCUT2D eigenvalue weighted by Gasteiger charge is -2.39. The van der Waals surface area contributed by atoms with Gasteiger partial charge in [-0.15, -0.1) is 0 Å². The van der Waals surface area contributed by atoms with E-state index in [2.05, 4.69) is 13.0 Å². The van der Waals surface area contributed by atoms with Crippen molar-refractivity contribution in [1.82, 2.24) is 0 Å². The van der Waals surface area contributed by atoms with Crippen LogP contribution < -0.4 is 5.30 Å². The normalized spacial score (nSPS) is 19.3. The smallest absolute Gasteiger partial charge is 0.207 e. The van der Waals surface area contributed by atoms with Crippen LogP contribution in [0.1, 0.15) is 75.3 Å². The first-order valence-corrected chi connectivity index (χ1v) is 14.6. The standard InChI is InChI=1S/C26H35O2PS/c1-20-13-16-24(17-14-20)30(27,28)26-18-15-21(2)19-25(26)29(22-9-5-3-6-10-22)23-11-7-4-8-12-23/h13-19,22-23H,3-12H2,1-2H3. The molecule has 0 bridgehead atoms. The summed E-state index contributed by atoms with van der Waals surface area (Å²) in [6.45, 7) is 4.11. The van der Waals surface area contributed by atoms with Gasteiger partial charge in [-0.2, -0.15) is 0 Å². The van der Waals surface area contributed by atoms with E-state index >= 15 is 0 Å². The first-order valence-electron chi connectivity index (χ1n) is 11.7. The van der Waals surface area contributed by atoms with Gasteiger partial charge in [0.05, 0.1) is 9.79 Å². The highest BCUT2D eigenvalue weighted by Gasteiger charge is 2.36. The molecule has 2 aromatic carbocycles. The summed E-state index contributed by atoms with van der Waals surface area (Å²) in [6, 6.07) is 13.5. The predicted molar refractivity (Wildman–Crippen MR) is 128 cm³/mol. The second-order valence-corrected chi connectivity index (χ2v) is 14.0. The van der Waals surface area contributed by atoms with Crippen molar-refractivity contribution in [3.8, 4) is 0 Å². The Kier molecular flexibility index (Phi) is 7.00. The number of sulfone groups is 1. The first-order chi connectivity index (χ1) is 14.5. The van der Waals surface area contributed by atoms with Crippen LogP contribution in [0.2, 0.25) is 0 Å². The van der Waals surface area contributed by atoms with Crippen molar-refractivity contribution in [2.45, 2.75) is 99.2 Å². The van der Waals surface area contributed by atoms with Crippen LogP contribution in [0.15, 0.2) is 52.3 Å². The molecule has 4 heteroatoms. The molecule has 0 atom stereocenters. The van der Waals surface area contributed by atoms with Crippen molar-refractivity contribution in [2.75, 3.05) is 0 Å². The minimum absolute atomic E-state index is 0.431. The molecule has 2 aromatic rings. The molecule has 30 heavy (non-hydrogen) atoms. The highest BCUT2D eigenvalue weighted by atomic mass is 32.2. The third-order valence-corrected chi connectivity index (χ3v) is 12.5. The lowest BCUT2D eigenvalue weighted by molar-refractivity contribution is 0.486. The predicted octanol–water partition coefficient (Wildman–Crippen LogP) is 6.91. The maximum Gasteiger partial charge on any atom is 0.207 e. The average Bonchev–Trinajstić information content (AvgIpc) is 2.76. The summed E-state index contributed by atoms with van der Waals surface area (Å²) in [5.41, 5.74) is 3.65. The molecule has 2 fully saturated rings. The average molecular weight is 443 g/mol. The third-order valence-electron chi connectivity index (χ3n) is 6.95. The van der Waals surface area contributed by atoms with E-state index < -0.39 is 17.8 Å². The molecule has 0 aliphatic heterocycles. The van der Waals surface area contributed by atoms with Gasteiger partial charge in [0.15, 0.2) is 0 Å². The van der Waals surface area contributed by atoms with E-state index in [-0.39, 0.29) is 0 Å². The molecule has 4 rings (SSSR count). The molecule has 2 aliphatic rings. The maximum atomic E-state index is 13.8. The minimum atomic E-state index is -3.51. The van der Waals surface area contributed by atoms with E-state index in [1.165, 1.54) is 75.1 Å². The van der Waals surface area contributed by atoms with Crippen molar-refractivity contribution in [1.29, 1.82) is 0 Å². The summed E-state index contributed by atoms with van der Waals surface area (Å²) in [4.78, 5) is 1.01. The lowest BCUT2D eigenvalue weighted by atomic mass is 9.99. The summed E-state index contributed by atoms with van der Waals surface area (Å²) < 4.78 is 27.5. The molecular weight excluding hydrogens is 407 g/mol. The Morgan fingerprint density at radius 2 is 1.20 bits per heavy atom. The zero-order valence-electron chi connectivity index (χ0n) is 18.4. The molecule has 0 radical (unpaired) electrons. The lowest BCUT2D eigenvalue weighted by Crippen LogP contribution is -2.29. The Balaban J connectivity index is 1.82. The SMILES string of the molecule is Cc1ccc(S(=O)(=O)c2ccc(C)cc2P(C2CCCCC2)C2CCCCC2)cc1. The van der Waals surface area contributed by atoms with E-state index in [1.54, 1.807) is 12.1 Å². The zero-order chi connectivity index (χ0) is 21.1. The molecule has 0 aromatic heterocycles. The highest BCUT2D eigenvalue weighted by molar-refractivity contribution is 7.92. The molecule has 0 N–H and O–H groups in total. The molecule has 2 aliphatic carbocycles.